The van der Waals surface area contributed by atoms with Crippen LogP contribution in [0.1, 0.15) is 32.8 Å². The number of nitrogens with one attached hydrogen (secondary N) is 1. The number of hydrogen-bond acceptors (Lipinski definition) is 4. The molecule has 0 bridgehead atoms. The van der Waals surface area contributed by atoms with E-state index in [9.17, 15) is 18.0 Å². The molecule has 0 aliphatic carbocycles. The fourth-order valence-electron chi connectivity index (χ4n) is 3.69. The van der Waals surface area contributed by atoms with Crippen molar-refractivity contribution in [3.63, 3.8) is 0 Å². The summed E-state index contributed by atoms with van der Waals surface area (Å²) < 4.78 is 30.4. The van der Waals surface area contributed by atoms with Crippen LogP contribution < -0.4 is 9.62 Å². The zero-order valence-electron chi connectivity index (χ0n) is 21.5. The Morgan fingerprint density at radius 3 is 2.13 bits per heavy atom. The van der Waals surface area contributed by atoms with Crippen molar-refractivity contribution >= 4 is 66.0 Å². The number of hydrogen-bond donors (Lipinski definition) is 1. The van der Waals surface area contributed by atoms with Crippen molar-refractivity contribution in [1.82, 2.24) is 10.2 Å². The average molecular weight is 712 g/mol. The van der Waals surface area contributed by atoms with E-state index in [1.807, 2.05) is 38.1 Å². The molecule has 3 aromatic carbocycles. The van der Waals surface area contributed by atoms with Crippen LogP contribution in [0.3, 0.4) is 0 Å². The van der Waals surface area contributed by atoms with Gasteiger partial charge >= 0.3 is 0 Å². The number of anilines is 1. The van der Waals surface area contributed by atoms with Gasteiger partial charge in [0.1, 0.15) is 12.6 Å². The van der Waals surface area contributed by atoms with Crippen molar-refractivity contribution in [2.75, 3.05) is 10.8 Å². The third-order valence-electron chi connectivity index (χ3n) is 6.16. The Bertz CT molecular complexity index is 1340. The van der Waals surface area contributed by atoms with Crippen LogP contribution in [0, 0.1) is 3.57 Å². The van der Waals surface area contributed by atoms with Crippen molar-refractivity contribution < 1.29 is 18.0 Å². The minimum absolute atomic E-state index is 0.0590. The van der Waals surface area contributed by atoms with E-state index in [1.165, 1.54) is 17.0 Å². The van der Waals surface area contributed by atoms with Crippen LogP contribution in [0.15, 0.2) is 88.2 Å². The van der Waals surface area contributed by atoms with Gasteiger partial charge in [-0.15, -0.1) is 0 Å². The topological polar surface area (TPSA) is 86.8 Å². The number of sulfonamides is 1. The molecule has 0 saturated heterocycles. The summed E-state index contributed by atoms with van der Waals surface area (Å²) in [4.78, 5) is 28.5. The molecule has 0 heterocycles. The second-order valence-corrected chi connectivity index (χ2v) is 13.0. The molecule has 0 aliphatic heterocycles. The van der Waals surface area contributed by atoms with Gasteiger partial charge < -0.3 is 10.2 Å². The second-order valence-electron chi connectivity index (χ2n) is 8.94. The van der Waals surface area contributed by atoms with E-state index in [0.717, 1.165) is 24.3 Å². The number of halogens is 2. The van der Waals surface area contributed by atoms with Gasteiger partial charge in [-0.1, -0.05) is 53.2 Å². The molecule has 2 amide bonds. The van der Waals surface area contributed by atoms with Crippen LogP contribution in [0.25, 0.3) is 0 Å². The maximum Gasteiger partial charge on any atom is 0.264 e. The molecule has 0 fully saturated rings. The summed E-state index contributed by atoms with van der Waals surface area (Å²) in [5.41, 5.74) is 1.18. The molecule has 0 spiro atoms. The van der Waals surface area contributed by atoms with E-state index < -0.39 is 28.5 Å². The monoisotopic (exact) mass is 711 g/mol. The molecule has 0 aliphatic rings. The lowest BCUT2D eigenvalue weighted by atomic mass is 10.1. The van der Waals surface area contributed by atoms with Gasteiger partial charge in [0.2, 0.25) is 11.8 Å². The van der Waals surface area contributed by atoms with Crippen molar-refractivity contribution in [2.45, 2.75) is 50.7 Å². The van der Waals surface area contributed by atoms with E-state index in [0.29, 0.717) is 5.69 Å². The average Bonchev–Trinajstić information content (AvgIpc) is 2.91. The lowest BCUT2D eigenvalue weighted by Gasteiger charge is -2.32. The first-order valence-electron chi connectivity index (χ1n) is 12.2. The summed E-state index contributed by atoms with van der Waals surface area (Å²) in [5.74, 6) is -0.783. The SMILES string of the molecule is CC[C@H](C)NC(=O)[C@@H](C)N(Cc1ccc(Br)cc1)C(=O)CN(c1ccc(I)cc1)S(=O)(=O)c1ccccc1. The Balaban J connectivity index is 2.00. The Morgan fingerprint density at radius 2 is 1.55 bits per heavy atom. The van der Waals surface area contributed by atoms with Crippen LogP contribution in [0.5, 0.6) is 0 Å². The van der Waals surface area contributed by atoms with Gasteiger partial charge in [-0.2, -0.15) is 0 Å². The van der Waals surface area contributed by atoms with Gasteiger partial charge in [-0.25, -0.2) is 8.42 Å². The van der Waals surface area contributed by atoms with Crippen LogP contribution in [-0.2, 0) is 26.2 Å². The Kier molecular flexibility index (Phi) is 10.8. The van der Waals surface area contributed by atoms with Crippen LogP contribution in [-0.4, -0.2) is 43.8 Å². The maximum atomic E-state index is 13.9. The van der Waals surface area contributed by atoms with Gasteiger partial charge in [0.05, 0.1) is 10.6 Å². The molecular weight excluding hydrogens is 681 g/mol. The number of nitrogens with zero attached hydrogens (tertiary/aromatic N) is 2. The van der Waals surface area contributed by atoms with E-state index in [1.54, 1.807) is 49.4 Å². The molecule has 202 valence electrons. The summed E-state index contributed by atoms with van der Waals surface area (Å²) in [7, 11) is -4.07. The van der Waals surface area contributed by atoms with Crippen LogP contribution in [0.2, 0.25) is 0 Å². The smallest absolute Gasteiger partial charge is 0.264 e. The summed E-state index contributed by atoms with van der Waals surface area (Å²) in [5, 5.41) is 2.93. The largest absolute Gasteiger partial charge is 0.352 e. The molecule has 38 heavy (non-hydrogen) atoms. The highest BCUT2D eigenvalue weighted by atomic mass is 127. The van der Waals surface area contributed by atoms with Crippen molar-refractivity contribution in [2.24, 2.45) is 0 Å². The lowest BCUT2D eigenvalue weighted by molar-refractivity contribution is -0.139. The van der Waals surface area contributed by atoms with E-state index in [2.05, 4.69) is 43.8 Å². The molecule has 0 unspecified atom stereocenters. The van der Waals surface area contributed by atoms with Crippen LogP contribution >= 0.6 is 38.5 Å². The van der Waals surface area contributed by atoms with E-state index in [4.69, 9.17) is 0 Å². The summed E-state index contributed by atoms with van der Waals surface area (Å²) in [6, 6.07) is 21.5. The predicted octanol–water partition coefficient (Wildman–Crippen LogP) is 5.58. The van der Waals surface area contributed by atoms with E-state index in [-0.39, 0.29) is 23.4 Å². The highest BCUT2D eigenvalue weighted by molar-refractivity contribution is 14.1. The molecule has 0 saturated carbocycles. The zero-order chi connectivity index (χ0) is 27.9. The summed E-state index contributed by atoms with van der Waals surface area (Å²) in [6.45, 7) is 5.21. The normalized spacial score (nSPS) is 12.9. The first kappa shape index (κ1) is 30.1. The van der Waals surface area contributed by atoms with Gasteiger partial charge in [-0.3, -0.25) is 13.9 Å². The highest BCUT2D eigenvalue weighted by Gasteiger charge is 2.32. The first-order valence-corrected chi connectivity index (χ1v) is 15.5. The standard InChI is InChI=1S/C28H31BrIN3O4S/c1-4-20(2)31-28(35)21(3)32(18-22-10-12-23(29)13-11-22)27(34)19-33(25-16-14-24(30)15-17-25)38(36,37)26-8-6-5-7-9-26/h5-17,20-21H,4,18-19H2,1-3H3,(H,31,35)/t20-,21+/m0/s1. The molecule has 0 aromatic heterocycles. The van der Waals surface area contributed by atoms with Gasteiger partial charge in [0.15, 0.2) is 0 Å². The van der Waals surface area contributed by atoms with Gasteiger partial charge in [-0.05, 0) is 97.0 Å². The molecule has 3 rings (SSSR count). The van der Waals surface area contributed by atoms with Crippen molar-refractivity contribution in [3.8, 4) is 0 Å². The molecule has 2 atom stereocenters. The second kappa shape index (κ2) is 13.6. The van der Waals surface area contributed by atoms with Gasteiger partial charge in [0.25, 0.3) is 10.0 Å². The summed E-state index contributed by atoms with van der Waals surface area (Å²) >= 11 is 5.56. The highest BCUT2D eigenvalue weighted by Crippen LogP contribution is 2.25. The Hall–Kier alpha value is -2.44. The molecule has 7 nitrogen and oxygen atoms in total. The zero-order valence-corrected chi connectivity index (χ0v) is 26.0. The molecular formula is C28H31BrIN3O4S. The number of benzene rings is 3. The van der Waals surface area contributed by atoms with Gasteiger partial charge in [0, 0.05) is 20.6 Å². The number of amides is 2. The fourth-order valence-corrected chi connectivity index (χ4v) is 5.75. The maximum absolute atomic E-state index is 13.9. The number of carbonyl (C=O) groups excluding carboxylic acids is 2. The molecule has 0 radical (unpaired) electrons. The fraction of sp³-hybridized carbons (Fsp3) is 0.286. The Labute approximate surface area is 246 Å². The van der Waals surface area contributed by atoms with Crippen LogP contribution in [0.4, 0.5) is 5.69 Å². The third kappa shape index (κ3) is 7.79. The summed E-state index contributed by atoms with van der Waals surface area (Å²) in [6.07, 6.45) is 0.745. The third-order valence-corrected chi connectivity index (χ3v) is 9.20. The first-order chi connectivity index (χ1) is 18.0. The van der Waals surface area contributed by atoms with Crippen molar-refractivity contribution in [1.29, 1.82) is 0 Å². The molecule has 3 aromatic rings. The van der Waals surface area contributed by atoms with E-state index >= 15 is 0 Å². The lowest BCUT2D eigenvalue weighted by Crippen LogP contribution is -2.52. The minimum Gasteiger partial charge on any atom is -0.352 e. The minimum atomic E-state index is -4.07. The number of carbonyl (C=O) groups is 2. The van der Waals surface area contributed by atoms with Crippen molar-refractivity contribution in [3.05, 3.63) is 92.5 Å². The number of rotatable bonds is 11. The Morgan fingerprint density at radius 1 is 0.947 bits per heavy atom. The quantitative estimate of drug-likeness (QED) is 0.263. The molecule has 10 heteroatoms. The predicted molar refractivity (Wildman–Crippen MR) is 162 cm³/mol. The molecule has 1 N–H and O–H groups in total.